The maximum absolute atomic E-state index is 13.5. The summed E-state index contributed by atoms with van der Waals surface area (Å²) in [7, 11) is -4.02. The van der Waals surface area contributed by atoms with E-state index in [0.29, 0.717) is 10.7 Å². The van der Waals surface area contributed by atoms with E-state index in [4.69, 9.17) is 0 Å². The maximum Gasteiger partial charge on any atom is 0.209 e. The van der Waals surface area contributed by atoms with Crippen LogP contribution in [0.5, 0.6) is 0 Å². The van der Waals surface area contributed by atoms with Gasteiger partial charge in [-0.3, -0.25) is 0 Å². The Morgan fingerprint density at radius 3 is 2.44 bits per heavy atom. The fourth-order valence-corrected chi connectivity index (χ4v) is 3.21. The van der Waals surface area contributed by atoms with E-state index in [0.717, 1.165) is 12.1 Å². The second-order valence-electron chi connectivity index (χ2n) is 3.39. The molecule has 1 aromatic heterocycles. The lowest BCUT2D eigenvalue weighted by molar-refractivity contribution is 0.549. The molecule has 0 saturated carbocycles. The van der Waals surface area contributed by atoms with Crippen molar-refractivity contribution in [2.75, 3.05) is 0 Å². The number of nitrogens with zero attached hydrogens (tertiary/aromatic N) is 1. The van der Waals surface area contributed by atoms with Crippen LogP contribution in [0.3, 0.4) is 0 Å². The molecule has 18 heavy (non-hydrogen) atoms. The minimum Gasteiger partial charge on any atom is -0.249 e. The SMILES string of the molecule is O=S(=O)(c1ccnc(Br)c1)c1ccc(F)cc1F. The summed E-state index contributed by atoms with van der Waals surface area (Å²) in [4.78, 5) is 3.10. The van der Waals surface area contributed by atoms with Crippen molar-refractivity contribution in [2.45, 2.75) is 9.79 Å². The first kappa shape index (κ1) is 13.1. The van der Waals surface area contributed by atoms with Gasteiger partial charge in [0.25, 0.3) is 0 Å². The van der Waals surface area contributed by atoms with Gasteiger partial charge in [0.15, 0.2) is 0 Å². The fourth-order valence-electron chi connectivity index (χ4n) is 1.37. The van der Waals surface area contributed by atoms with E-state index in [1.165, 1.54) is 18.3 Å². The van der Waals surface area contributed by atoms with Gasteiger partial charge in [-0.2, -0.15) is 0 Å². The summed E-state index contributed by atoms with van der Waals surface area (Å²) in [5.74, 6) is -1.95. The van der Waals surface area contributed by atoms with Gasteiger partial charge in [-0.1, -0.05) is 0 Å². The molecule has 0 fully saturated rings. The van der Waals surface area contributed by atoms with Crippen LogP contribution in [-0.2, 0) is 9.84 Å². The Bertz CT molecular complexity index is 704. The van der Waals surface area contributed by atoms with Gasteiger partial charge in [0.2, 0.25) is 9.84 Å². The summed E-state index contributed by atoms with van der Waals surface area (Å²) in [6.45, 7) is 0. The van der Waals surface area contributed by atoms with Crippen molar-refractivity contribution in [3.05, 3.63) is 52.8 Å². The third-order valence-corrected chi connectivity index (χ3v) is 4.41. The molecular formula is C11H6BrF2NO2S. The van der Waals surface area contributed by atoms with E-state index in [9.17, 15) is 17.2 Å². The Morgan fingerprint density at radius 1 is 1.11 bits per heavy atom. The molecule has 0 radical (unpaired) electrons. The molecule has 0 amide bonds. The van der Waals surface area contributed by atoms with Crippen molar-refractivity contribution < 1.29 is 17.2 Å². The third-order valence-electron chi connectivity index (χ3n) is 2.19. The molecule has 0 aliphatic rings. The molecule has 2 rings (SSSR count). The Morgan fingerprint density at radius 2 is 1.83 bits per heavy atom. The molecule has 0 aliphatic heterocycles. The standard InChI is InChI=1S/C11H6BrF2NO2S/c12-11-6-8(3-4-15-11)18(16,17)10-2-1-7(13)5-9(10)14/h1-6H. The third kappa shape index (κ3) is 2.41. The highest BCUT2D eigenvalue weighted by molar-refractivity contribution is 9.10. The number of halogens is 3. The smallest absolute Gasteiger partial charge is 0.209 e. The number of hydrogen-bond acceptors (Lipinski definition) is 3. The molecule has 94 valence electrons. The fraction of sp³-hybridized carbons (Fsp3) is 0. The van der Waals surface area contributed by atoms with Gasteiger partial charge in [0, 0.05) is 12.3 Å². The van der Waals surface area contributed by atoms with Crippen LogP contribution in [-0.4, -0.2) is 13.4 Å². The Balaban J connectivity index is 2.62. The Kier molecular flexibility index (Phi) is 3.45. The van der Waals surface area contributed by atoms with E-state index < -0.39 is 26.4 Å². The molecule has 0 saturated heterocycles. The van der Waals surface area contributed by atoms with Crippen LogP contribution < -0.4 is 0 Å². The molecule has 0 N–H and O–H groups in total. The van der Waals surface area contributed by atoms with Gasteiger partial charge in [-0.15, -0.1) is 0 Å². The highest BCUT2D eigenvalue weighted by Crippen LogP contribution is 2.24. The van der Waals surface area contributed by atoms with Gasteiger partial charge in [-0.25, -0.2) is 22.2 Å². The lowest BCUT2D eigenvalue weighted by atomic mass is 10.3. The lowest BCUT2D eigenvalue weighted by Gasteiger charge is -2.05. The Labute approximate surface area is 111 Å². The van der Waals surface area contributed by atoms with E-state index in [-0.39, 0.29) is 4.90 Å². The molecule has 1 aromatic carbocycles. The van der Waals surface area contributed by atoms with Crippen molar-refractivity contribution in [1.29, 1.82) is 0 Å². The average Bonchev–Trinajstić information content (AvgIpc) is 2.28. The van der Waals surface area contributed by atoms with Crippen LogP contribution in [0.4, 0.5) is 8.78 Å². The average molecular weight is 334 g/mol. The molecule has 0 aliphatic carbocycles. The van der Waals surface area contributed by atoms with E-state index >= 15 is 0 Å². The zero-order valence-corrected chi connectivity index (χ0v) is 11.2. The zero-order valence-electron chi connectivity index (χ0n) is 8.77. The molecule has 0 atom stereocenters. The maximum atomic E-state index is 13.5. The predicted molar refractivity (Wildman–Crippen MR) is 63.7 cm³/mol. The molecule has 0 bridgehead atoms. The van der Waals surface area contributed by atoms with Gasteiger partial charge < -0.3 is 0 Å². The molecule has 1 heterocycles. The first-order chi connectivity index (χ1) is 8.41. The van der Waals surface area contributed by atoms with Crippen molar-refractivity contribution in [2.24, 2.45) is 0 Å². The highest BCUT2D eigenvalue weighted by atomic mass is 79.9. The van der Waals surface area contributed by atoms with Crippen LogP contribution in [0.2, 0.25) is 0 Å². The quantitative estimate of drug-likeness (QED) is 0.627. The second kappa shape index (κ2) is 4.74. The summed E-state index contributed by atoms with van der Waals surface area (Å²) in [6.07, 6.45) is 1.28. The van der Waals surface area contributed by atoms with Crippen LogP contribution in [0.25, 0.3) is 0 Å². The largest absolute Gasteiger partial charge is 0.249 e. The van der Waals surface area contributed by atoms with Crippen molar-refractivity contribution in [3.8, 4) is 0 Å². The summed E-state index contributed by atoms with van der Waals surface area (Å²) < 4.78 is 50.8. The van der Waals surface area contributed by atoms with Gasteiger partial charge in [0.05, 0.1) is 4.90 Å². The topological polar surface area (TPSA) is 47.0 Å². The number of rotatable bonds is 2. The number of pyridine rings is 1. The van der Waals surface area contributed by atoms with E-state index in [1.807, 2.05) is 0 Å². The van der Waals surface area contributed by atoms with Crippen LogP contribution in [0.15, 0.2) is 50.9 Å². The summed E-state index contributed by atoms with van der Waals surface area (Å²) in [5, 5.41) is 0. The highest BCUT2D eigenvalue weighted by Gasteiger charge is 2.22. The first-order valence-electron chi connectivity index (χ1n) is 4.73. The van der Waals surface area contributed by atoms with Crippen molar-refractivity contribution in [3.63, 3.8) is 0 Å². The molecule has 2 aromatic rings. The number of sulfone groups is 1. The van der Waals surface area contributed by atoms with Crippen molar-refractivity contribution >= 4 is 25.8 Å². The lowest BCUT2D eigenvalue weighted by Crippen LogP contribution is -2.05. The van der Waals surface area contributed by atoms with Gasteiger partial charge in [-0.05, 0) is 40.2 Å². The van der Waals surface area contributed by atoms with Crippen LogP contribution in [0, 0.1) is 11.6 Å². The predicted octanol–water partition coefficient (Wildman–Crippen LogP) is 2.96. The number of hydrogen-bond donors (Lipinski definition) is 0. The molecular weight excluding hydrogens is 328 g/mol. The number of aromatic nitrogens is 1. The summed E-state index contributed by atoms with van der Waals surface area (Å²) in [5.41, 5.74) is 0. The minimum atomic E-state index is -4.02. The van der Waals surface area contributed by atoms with Crippen LogP contribution >= 0.6 is 15.9 Å². The van der Waals surface area contributed by atoms with Gasteiger partial charge >= 0.3 is 0 Å². The second-order valence-corrected chi connectivity index (χ2v) is 6.12. The molecule has 0 spiro atoms. The summed E-state index contributed by atoms with van der Waals surface area (Å²) in [6, 6.07) is 4.81. The zero-order chi connectivity index (χ0) is 13.3. The van der Waals surface area contributed by atoms with Gasteiger partial charge in [0.1, 0.15) is 21.1 Å². The Hall–Kier alpha value is -1.34. The van der Waals surface area contributed by atoms with Crippen molar-refractivity contribution in [1.82, 2.24) is 4.98 Å². The molecule has 3 nitrogen and oxygen atoms in total. The van der Waals surface area contributed by atoms with Crippen LogP contribution in [0.1, 0.15) is 0 Å². The monoisotopic (exact) mass is 333 g/mol. The first-order valence-corrected chi connectivity index (χ1v) is 7.00. The van der Waals surface area contributed by atoms with E-state index in [1.54, 1.807) is 0 Å². The summed E-state index contributed by atoms with van der Waals surface area (Å²) >= 11 is 3.03. The number of benzene rings is 1. The van der Waals surface area contributed by atoms with E-state index in [2.05, 4.69) is 20.9 Å². The minimum absolute atomic E-state index is 0.116. The molecule has 0 unspecified atom stereocenters. The molecule has 7 heteroatoms. The normalized spacial score (nSPS) is 11.5.